The van der Waals surface area contributed by atoms with Gasteiger partial charge in [-0.25, -0.2) is 4.79 Å². The summed E-state index contributed by atoms with van der Waals surface area (Å²) in [5.41, 5.74) is 0.777. The molecule has 8 nitrogen and oxygen atoms in total. The number of ether oxygens (including phenoxy) is 1. The molecule has 21 heavy (non-hydrogen) atoms. The van der Waals surface area contributed by atoms with Crippen molar-refractivity contribution in [3.05, 3.63) is 30.1 Å². The first-order valence-electron chi connectivity index (χ1n) is 6.24. The van der Waals surface area contributed by atoms with Gasteiger partial charge in [-0.1, -0.05) is 0 Å². The summed E-state index contributed by atoms with van der Waals surface area (Å²) in [5, 5.41) is 16.7. The lowest BCUT2D eigenvalue weighted by Crippen LogP contribution is -2.36. The van der Waals surface area contributed by atoms with Crippen molar-refractivity contribution in [3.63, 3.8) is 0 Å². The van der Waals surface area contributed by atoms with E-state index in [0.29, 0.717) is 18.2 Å². The fraction of sp³-hybridized carbons (Fsp3) is 0.333. The van der Waals surface area contributed by atoms with Crippen LogP contribution in [0.4, 0.5) is 4.79 Å². The summed E-state index contributed by atoms with van der Waals surface area (Å²) in [7, 11) is 1.60. The Morgan fingerprint density at radius 3 is 2.76 bits per heavy atom. The number of urea groups is 1. The second-order valence-corrected chi connectivity index (χ2v) is 4.38. The van der Waals surface area contributed by atoms with Crippen molar-refractivity contribution in [2.24, 2.45) is 0 Å². The second kappa shape index (κ2) is 7.44. The van der Waals surface area contributed by atoms with Gasteiger partial charge in [-0.15, -0.1) is 16.7 Å². The van der Waals surface area contributed by atoms with Gasteiger partial charge in [0.2, 0.25) is 0 Å². The quantitative estimate of drug-likeness (QED) is 0.766. The van der Waals surface area contributed by atoms with Gasteiger partial charge in [0.05, 0.1) is 19.3 Å². The van der Waals surface area contributed by atoms with Gasteiger partial charge < -0.3 is 15.4 Å². The number of hydrogen-bond acceptors (Lipinski definition) is 5. The molecule has 0 radical (unpaired) electrons. The lowest BCUT2D eigenvalue weighted by atomic mass is 10.3. The highest BCUT2D eigenvalue weighted by Crippen LogP contribution is 2.14. The van der Waals surface area contributed by atoms with Crippen LogP contribution in [0.25, 0.3) is 5.69 Å². The Bertz CT molecular complexity index is 586. The molecule has 0 saturated carbocycles. The number of tetrazole rings is 1. The van der Waals surface area contributed by atoms with Crippen LogP contribution in [0, 0.1) is 0 Å². The Morgan fingerprint density at radius 2 is 2.10 bits per heavy atom. The van der Waals surface area contributed by atoms with Gasteiger partial charge in [0, 0.05) is 12.4 Å². The van der Waals surface area contributed by atoms with Crippen LogP contribution in [-0.2, 0) is 6.54 Å². The summed E-state index contributed by atoms with van der Waals surface area (Å²) in [4.78, 5) is 11.5. The smallest absolute Gasteiger partial charge is 0.315 e. The molecule has 1 aromatic carbocycles. The number of alkyl halides is 1. The van der Waals surface area contributed by atoms with Crippen LogP contribution in [-0.4, -0.2) is 45.8 Å². The van der Waals surface area contributed by atoms with Gasteiger partial charge in [0.15, 0.2) is 5.82 Å². The third-order valence-corrected chi connectivity index (χ3v) is 2.83. The van der Waals surface area contributed by atoms with Crippen molar-refractivity contribution in [2.45, 2.75) is 6.54 Å². The van der Waals surface area contributed by atoms with E-state index in [0.717, 1.165) is 11.4 Å². The van der Waals surface area contributed by atoms with Crippen molar-refractivity contribution in [2.75, 3.05) is 19.5 Å². The molecule has 9 heteroatoms. The molecule has 1 heterocycles. The van der Waals surface area contributed by atoms with Crippen LogP contribution in [0.2, 0.25) is 0 Å². The van der Waals surface area contributed by atoms with Gasteiger partial charge in [-0.3, -0.25) is 0 Å². The number of hydrogen-bond donors (Lipinski definition) is 2. The number of nitrogens with zero attached hydrogens (tertiary/aromatic N) is 4. The lowest BCUT2D eigenvalue weighted by Gasteiger charge is -2.07. The molecular weight excluding hydrogens is 296 g/mol. The van der Waals surface area contributed by atoms with Crippen molar-refractivity contribution >= 4 is 17.6 Å². The molecule has 0 atom stereocenters. The number of halogens is 1. The number of aromatic nitrogens is 4. The first kappa shape index (κ1) is 15.0. The molecule has 0 bridgehead atoms. The third kappa shape index (κ3) is 4.06. The van der Waals surface area contributed by atoms with Crippen molar-refractivity contribution in [1.29, 1.82) is 0 Å². The summed E-state index contributed by atoms with van der Waals surface area (Å²) >= 11 is 5.49. The fourth-order valence-electron chi connectivity index (χ4n) is 1.62. The third-order valence-electron chi connectivity index (χ3n) is 2.64. The molecule has 0 aliphatic carbocycles. The first-order valence-corrected chi connectivity index (χ1v) is 6.77. The van der Waals surface area contributed by atoms with E-state index in [1.165, 1.54) is 0 Å². The predicted octanol–water partition coefficient (Wildman–Crippen LogP) is 0.709. The Hall–Kier alpha value is -2.35. The maximum absolute atomic E-state index is 11.5. The Kier molecular flexibility index (Phi) is 5.33. The molecule has 0 saturated heterocycles. The minimum Gasteiger partial charge on any atom is -0.497 e. The standard InChI is InChI=1S/C12H15ClN6O2/c1-21-10-4-2-9(3-5-10)19-11(16-17-18-19)8-15-12(20)14-7-6-13/h2-5H,6-8H2,1H3,(H2,14,15,20). The van der Waals surface area contributed by atoms with Gasteiger partial charge >= 0.3 is 6.03 Å². The molecule has 2 aromatic rings. The number of rotatable bonds is 6. The topological polar surface area (TPSA) is 94.0 Å². The number of carbonyl (C=O) groups is 1. The summed E-state index contributed by atoms with van der Waals surface area (Å²) < 4.78 is 6.64. The number of methoxy groups -OCH3 is 1. The van der Waals surface area contributed by atoms with E-state index in [4.69, 9.17) is 16.3 Å². The number of benzene rings is 1. The summed E-state index contributed by atoms with van der Waals surface area (Å²) in [6.45, 7) is 0.601. The maximum Gasteiger partial charge on any atom is 0.315 e. The molecule has 2 amide bonds. The van der Waals surface area contributed by atoms with E-state index < -0.39 is 0 Å². The molecule has 1 aromatic heterocycles. The summed E-state index contributed by atoms with van der Waals surface area (Å²) in [6, 6.07) is 6.95. The molecule has 0 spiro atoms. The molecule has 0 fully saturated rings. The monoisotopic (exact) mass is 310 g/mol. The average molecular weight is 311 g/mol. The van der Waals surface area contributed by atoms with E-state index in [1.807, 2.05) is 12.1 Å². The Balaban J connectivity index is 2.02. The van der Waals surface area contributed by atoms with Crippen molar-refractivity contribution in [3.8, 4) is 11.4 Å². The lowest BCUT2D eigenvalue weighted by molar-refractivity contribution is 0.240. The zero-order valence-corrected chi connectivity index (χ0v) is 12.2. The van der Waals surface area contributed by atoms with E-state index in [1.54, 1.807) is 23.9 Å². The molecule has 0 aliphatic heterocycles. The van der Waals surface area contributed by atoms with Crippen LogP contribution in [0.1, 0.15) is 5.82 Å². The zero-order valence-electron chi connectivity index (χ0n) is 11.4. The highest BCUT2D eigenvalue weighted by atomic mass is 35.5. The fourth-order valence-corrected chi connectivity index (χ4v) is 1.72. The minimum atomic E-state index is -0.320. The van der Waals surface area contributed by atoms with E-state index in [2.05, 4.69) is 26.2 Å². The van der Waals surface area contributed by atoms with Gasteiger partial charge in [-0.2, -0.15) is 4.68 Å². The second-order valence-electron chi connectivity index (χ2n) is 4.00. The van der Waals surface area contributed by atoms with Crippen LogP contribution in [0.3, 0.4) is 0 Å². The molecule has 2 N–H and O–H groups in total. The van der Waals surface area contributed by atoms with Gasteiger partial charge in [-0.05, 0) is 34.7 Å². The Morgan fingerprint density at radius 1 is 1.33 bits per heavy atom. The number of carbonyl (C=O) groups excluding carboxylic acids is 1. The molecule has 0 unspecified atom stereocenters. The molecule has 0 aliphatic rings. The molecular formula is C12H15ClN6O2. The predicted molar refractivity (Wildman–Crippen MR) is 76.7 cm³/mol. The van der Waals surface area contributed by atoms with Crippen molar-refractivity contribution in [1.82, 2.24) is 30.8 Å². The van der Waals surface area contributed by atoms with E-state index >= 15 is 0 Å². The van der Waals surface area contributed by atoms with E-state index in [9.17, 15) is 4.79 Å². The molecule has 2 rings (SSSR count). The Labute approximate surface area is 126 Å². The first-order chi connectivity index (χ1) is 10.2. The minimum absolute atomic E-state index is 0.202. The van der Waals surface area contributed by atoms with E-state index in [-0.39, 0.29) is 12.6 Å². The average Bonchev–Trinajstić information content (AvgIpc) is 2.99. The SMILES string of the molecule is COc1ccc(-n2nnnc2CNC(=O)NCCCl)cc1. The maximum atomic E-state index is 11.5. The van der Waals surface area contributed by atoms with Gasteiger partial charge in [0.25, 0.3) is 0 Å². The van der Waals surface area contributed by atoms with Crippen LogP contribution in [0.5, 0.6) is 5.75 Å². The van der Waals surface area contributed by atoms with Crippen molar-refractivity contribution < 1.29 is 9.53 Å². The van der Waals surface area contributed by atoms with Crippen LogP contribution in [0.15, 0.2) is 24.3 Å². The normalized spacial score (nSPS) is 10.2. The highest BCUT2D eigenvalue weighted by Gasteiger charge is 2.09. The largest absolute Gasteiger partial charge is 0.497 e. The van der Waals surface area contributed by atoms with Gasteiger partial charge in [0.1, 0.15) is 5.75 Å². The number of amides is 2. The zero-order chi connectivity index (χ0) is 15.1. The van der Waals surface area contributed by atoms with Crippen LogP contribution >= 0.6 is 11.6 Å². The number of nitrogens with one attached hydrogen (secondary N) is 2. The van der Waals surface area contributed by atoms with Crippen LogP contribution < -0.4 is 15.4 Å². The summed E-state index contributed by atoms with van der Waals surface area (Å²) in [5.74, 6) is 1.62. The highest BCUT2D eigenvalue weighted by molar-refractivity contribution is 6.18. The summed E-state index contributed by atoms with van der Waals surface area (Å²) in [6.07, 6.45) is 0. The molecule has 112 valence electrons.